The zero-order valence-corrected chi connectivity index (χ0v) is 18.5. The van der Waals surface area contributed by atoms with Crippen molar-refractivity contribution in [2.75, 3.05) is 26.2 Å². The van der Waals surface area contributed by atoms with Gasteiger partial charge in [0.15, 0.2) is 0 Å². The lowest BCUT2D eigenvalue weighted by molar-refractivity contribution is -0.128. The minimum Gasteiger partial charge on any atom is -0.333 e. The maximum Gasteiger partial charge on any atom is 0.295 e. The Morgan fingerprint density at radius 1 is 0.968 bits per heavy atom. The van der Waals surface area contributed by atoms with Crippen molar-refractivity contribution in [3.8, 4) is 5.69 Å². The molecule has 2 heterocycles. The van der Waals surface area contributed by atoms with Gasteiger partial charge in [0.1, 0.15) is 0 Å². The van der Waals surface area contributed by atoms with Gasteiger partial charge in [0.25, 0.3) is 11.7 Å². The molecule has 1 fully saturated rings. The normalized spacial score (nSPS) is 14.6. The number of halogens is 1. The Morgan fingerprint density at radius 2 is 1.68 bits per heavy atom. The van der Waals surface area contributed by atoms with Crippen LogP contribution in [0.5, 0.6) is 0 Å². The SMILES string of the molecule is Cc1nn(-c2ccccc2)c(C)c1C(=O)C(=O)N1CCN(Cc2cccc(Cl)c2)CC1. The summed E-state index contributed by atoms with van der Waals surface area (Å²) in [5, 5.41) is 5.22. The van der Waals surface area contributed by atoms with E-state index in [0.29, 0.717) is 43.1 Å². The molecule has 2 aromatic carbocycles. The van der Waals surface area contributed by atoms with E-state index in [9.17, 15) is 9.59 Å². The molecule has 1 amide bonds. The smallest absolute Gasteiger partial charge is 0.295 e. The summed E-state index contributed by atoms with van der Waals surface area (Å²) >= 11 is 6.07. The highest BCUT2D eigenvalue weighted by Gasteiger charge is 2.30. The molecule has 0 saturated carbocycles. The molecule has 160 valence electrons. The predicted molar refractivity (Wildman–Crippen MR) is 121 cm³/mol. The quantitative estimate of drug-likeness (QED) is 0.452. The molecule has 1 saturated heterocycles. The molecular weight excluding hydrogens is 412 g/mol. The number of amides is 1. The van der Waals surface area contributed by atoms with Gasteiger partial charge >= 0.3 is 0 Å². The fourth-order valence-corrected chi connectivity index (χ4v) is 4.26. The molecule has 0 bridgehead atoms. The summed E-state index contributed by atoms with van der Waals surface area (Å²) < 4.78 is 1.72. The highest BCUT2D eigenvalue weighted by Crippen LogP contribution is 2.20. The summed E-state index contributed by atoms with van der Waals surface area (Å²) in [6, 6.07) is 17.4. The van der Waals surface area contributed by atoms with Crippen LogP contribution in [0.25, 0.3) is 5.69 Å². The summed E-state index contributed by atoms with van der Waals surface area (Å²) in [7, 11) is 0. The lowest BCUT2D eigenvalue weighted by Crippen LogP contribution is -2.50. The van der Waals surface area contributed by atoms with Crippen LogP contribution in [-0.2, 0) is 11.3 Å². The van der Waals surface area contributed by atoms with Gasteiger partial charge in [-0.05, 0) is 43.7 Å². The van der Waals surface area contributed by atoms with Crippen molar-refractivity contribution in [3.05, 3.63) is 82.1 Å². The van der Waals surface area contributed by atoms with Gasteiger partial charge in [0.05, 0.1) is 22.6 Å². The van der Waals surface area contributed by atoms with Crippen LogP contribution in [0, 0.1) is 13.8 Å². The molecular formula is C24H25ClN4O2. The van der Waals surface area contributed by atoms with E-state index in [0.717, 1.165) is 22.8 Å². The predicted octanol–water partition coefficient (Wildman–Crippen LogP) is 3.67. The molecule has 31 heavy (non-hydrogen) atoms. The zero-order chi connectivity index (χ0) is 22.0. The number of benzene rings is 2. The van der Waals surface area contributed by atoms with E-state index >= 15 is 0 Å². The van der Waals surface area contributed by atoms with Crippen LogP contribution >= 0.6 is 11.6 Å². The van der Waals surface area contributed by atoms with Crippen molar-refractivity contribution < 1.29 is 9.59 Å². The summed E-state index contributed by atoms with van der Waals surface area (Å²) in [6.45, 7) is 6.86. The molecule has 0 atom stereocenters. The molecule has 1 aliphatic heterocycles. The Bertz CT molecular complexity index is 1100. The molecule has 6 nitrogen and oxygen atoms in total. The number of para-hydroxylation sites is 1. The fourth-order valence-electron chi connectivity index (χ4n) is 4.05. The summed E-state index contributed by atoms with van der Waals surface area (Å²) in [5.41, 5.74) is 3.66. The zero-order valence-electron chi connectivity index (χ0n) is 17.7. The van der Waals surface area contributed by atoms with Crippen molar-refractivity contribution in [2.45, 2.75) is 20.4 Å². The van der Waals surface area contributed by atoms with E-state index < -0.39 is 11.7 Å². The number of rotatable bonds is 5. The van der Waals surface area contributed by atoms with E-state index in [4.69, 9.17) is 11.6 Å². The number of aryl methyl sites for hydroxylation is 1. The van der Waals surface area contributed by atoms with E-state index in [2.05, 4.69) is 10.00 Å². The lowest BCUT2D eigenvalue weighted by Gasteiger charge is -2.34. The van der Waals surface area contributed by atoms with E-state index in [-0.39, 0.29) is 0 Å². The number of carbonyl (C=O) groups is 2. The molecule has 4 rings (SSSR count). The van der Waals surface area contributed by atoms with Gasteiger partial charge in [-0.25, -0.2) is 4.68 Å². The lowest BCUT2D eigenvalue weighted by atomic mass is 10.1. The highest BCUT2D eigenvalue weighted by molar-refractivity contribution is 6.43. The maximum absolute atomic E-state index is 13.1. The summed E-state index contributed by atoms with van der Waals surface area (Å²) in [5.74, 6) is -0.943. The second-order valence-corrected chi connectivity index (χ2v) is 8.26. The first kappa shape index (κ1) is 21.3. The average molecular weight is 437 g/mol. The van der Waals surface area contributed by atoms with Gasteiger partial charge in [-0.2, -0.15) is 5.10 Å². The van der Waals surface area contributed by atoms with Crippen molar-refractivity contribution >= 4 is 23.3 Å². The highest BCUT2D eigenvalue weighted by atomic mass is 35.5. The number of nitrogens with zero attached hydrogens (tertiary/aromatic N) is 4. The minimum atomic E-state index is -0.486. The molecule has 1 aromatic heterocycles. The summed E-state index contributed by atoms with van der Waals surface area (Å²) in [4.78, 5) is 29.9. The number of ketones is 1. The first-order chi connectivity index (χ1) is 14.9. The monoisotopic (exact) mass is 436 g/mol. The number of piperazine rings is 1. The van der Waals surface area contributed by atoms with Crippen molar-refractivity contribution in [3.63, 3.8) is 0 Å². The second kappa shape index (κ2) is 9.04. The van der Waals surface area contributed by atoms with Crippen LogP contribution in [0.4, 0.5) is 0 Å². The Balaban J connectivity index is 1.43. The van der Waals surface area contributed by atoms with Crippen LogP contribution in [0.15, 0.2) is 54.6 Å². The third-order valence-corrected chi connectivity index (χ3v) is 5.90. The van der Waals surface area contributed by atoms with E-state index in [1.165, 1.54) is 0 Å². The largest absolute Gasteiger partial charge is 0.333 e. The van der Waals surface area contributed by atoms with E-state index in [1.54, 1.807) is 16.5 Å². The first-order valence-electron chi connectivity index (χ1n) is 10.4. The topological polar surface area (TPSA) is 58.4 Å². The summed E-state index contributed by atoms with van der Waals surface area (Å²) in [6.07, 6.45) is 0. The van der Waals surface area contributed by atoms with Gasteiger partial charge < -0.3 is 4.90 Å². The van der Waals surface area contributed by atoms with Gasteiger partial charge in [-0.15, -0.1) is 0 Å². The molecule has 0 unspecified atom stereocenters. The third-order valence-electron chi connectivity index (χ3n) is 5.67. The molecule has 0 radical (unpaired) electrons. The number of hydrogen-bond donors (Lipinski definition) is 0. The Labute approximate surface area is 187 Å². The molecule has 3 aromatic rings. The number of aromatic nitrogens is 2. The van der Waals surface area contributed by atoms with Crippen LogP contribution < -0.4 is 0 Å². The van der Waals surface area contributed by atoms with Crippen LogP contribution in [0.2, 0.25) is 5.02 Å². The van der Waals surface area contributed by atoms with Crippen LogP contribution in [0.3, 0.4) is 0 Å². The minimum absolute atomic E-state index is 0.398. The Kier molecular flexibility index (Phi) is 6.20. The molecule has 7 heteroatoms. The number of carbonyl (C=O) groups excluding carboxylic acids is 2. The molecule has 0 spiro atoms. The van der Waals surface area contributed by atoms with Gasteiger partial charge in [-0.3, -0.25) is 14.5 Å². The van der Waals surface area contributed by atoms with Gasteiger partial charge in [-0.1, -0.05) is 41.9 Å². The fraction of sp³-hybridized carbons (Fsp3) is 0.292. The second-order valence-electron chi connectivity index (χ2n) is 7.82. The number of Topliss-reactive ketones (excluding diaryl/α,β-unsaturated/α-hetero) is 1. The van der Waals surface area contributed by atoms with Crippen molar-refractivity contribution in [1.29, 1.82) is 0 Å². The average Bonchev–Trinajstić information content (AvgIpc) is 3.08. The maximum atomic E-state index is 13.1. The van der Waals surface area contributed by atoms with Crippen molar-refractivity contribution in [2.24, 2.45) is 0 Å². The molecule has 1 aliphatic rings. The Hall–Kier alpha value is -2.96. The standard InChI is InChI=1S/C24H25ClN4O2/c1-17-22(18(2)29(26-17)21-9-4-3-5-10-21)23(30)24(31)28-13-11-27(12-14-28)16-19-7-6-8-20(25)15-19/h3-10,15H,11-14,16H2,1-2H3. The van der Waals surface area contributed by atoms with Crippen LogP contribution in [-0.4, -0.2) is 57.4 Å². The molecule has 0 N–H and O–H groups in total. The number of hydrogen-bond acceptors (Lipinski definition) is 4. The third kappa shape index (κ3) is 4.55. The van der Waals surface area contributed by atoms with Crippen molar-refractivity contribution in [1.82, 2.24) is 19.6 Å². The molecule has 0 aliphatic carbocycles. The van der Waals surface area contributed by atoms with E-state index in [1.807, 2.05) is 61.5 Å². The van der Waals surface area contributed by atoms with Crippen LogP contribution in [0.1, 0.15) is 27.3 Å². The first-order valence-corrected chi connectivity index (χ1v) is 10.7. The van der Waals surface area contributed by atoms with Gasteiger partial charge in [0.2, 0.25) is 0 Å². The Morgan fingerprint density at radius 3 is 2.35 bits per heavy atom. The van der Waals surface area contributed by atoms with Gasteiger partial charge in [0, 0.05) is 37.7 Å².